The second kappa shape index (κ2) is 10.1. The zero-order valence-corrected chi connectivity index (χ0v) is 18.5. The predicted octanol–water partition coefficient (Wildman–Crippen LogP) is 4.39. The van der Waals surface area contributed by atoms with Gasteiger partial charge in [0.1, 0.15) is 18.5 Å². The summed E-state index contributed by atoms with van der Waals surface area (Å²) in [6.07, 6.45) is 4.05. The summed E-state index contributed by atoms with van der Waals surface area (Å²) < 4.78 is 20.0. The zero-order chi connectivity index (χ0) is 24.9. The van der Waals surface area contributed by atoms with Gasteiger partial charge < -0.3 is 15.2 Å². The van der Waals surface area contributed by atoms with Gasteiger partial charge in [0.15, 0.2) is 0 Å². The summed E-state index contributed by atoms with van der Waals surface area (Å²) in [5.41, 5.74) is 3.97. The lowest BCUT2D eigenvalue weighted by Crippen LogP contribution is -2.40. The molecule has 3 aromatic rings. The van der Waals surface area contributed by atoms with E-state index in [1.54, 1.807) is 0 Å². The van der Waals surface area contributed by atoms with Crippen molar-refractivity contribution in [3.05, 3.63) is 89.2 Å². The summed E-state index contributed by atoms with van der Waals surface area (Å²) in [4.78, 5) is 35.8. The van der Waals surface area contributed by atoms with E-state index < -0.39 is 29.8 Å². The number of benzene rings is 3. The quantitative estimate of drug-likeness (QED) is 0.443. The molecule has 35 heavy (non-hydrogen) atoms. The molecule has 7 nitrogen and oxygen atoms in total. The number of hydrogen-bond donors (Lipinski definition) is 3. The Hall–Kier alpha value is -4.64. The molecule has 1 unspecified atom stereocenters. The van der Waals surface area contributed by atoms with Crippen molar-refractivity contribution in [2.24, 2.45) is 0 Å². The molecule has 3 aromatic carbocycles. The molecule has 0 radical (unpaired) electrons. The fourth-order valence-corrected chi connectivity index (χ4v) is 4.06. The predicted molar refractivity (Wildman–Crippen MR) is 127 cm³/mol. The molecular weight excluding hydrogens is 451 g/mol. The minimum Gasteiger partial charge on any atom is -0.480 e. The van der Waals surface area contributed by atoms with E-state index in [1.807, 2.05) is 48.5 Å². The highest BCUT2D eigenvalue weighted by molar-refractivity contribution is 5.97. The number of anilines is 1. The van der Waals surface area contributed by atoms with Gasteiger partial charge in [-0.2, -0.15) is 0 Å². The number of nitrogens with one attached hydrogen (secondary N) is 2. The number of carbonyl (C=O) groups excluding carboxylic acids is 2. The summed E-state index contributed by atoms with van der Waals surface area (Å²) in [5.74, 6) is -0.971. The third-order valence-corrected chi connectivity index (χ3v) is 5.74. The first-order chi connectivity index (χ1) is 16.9. The largest absolute Gasteiger partial charge is 0.480 e. The average molecular weight is 472 g/mol. The number of carboxylic acids is 1. The first-order valence-corrected chi connectivity index (χ1v) is 10.8. The summed E-state index contributed by atoms with van der Waals surface area (Å²) in [6.45, 7) is 0.0632. The second-order valence-corrected chi connectivity index (χ2v) is 7.92. The standard InChI is InChI=1S/C27H21FN2O5/c1-2-7-24(26(32)33)29-25(31)16-12-13-23(22(28)14-16)30-27(34)35-15-21-19-10-5-3-8-17(19)18-9-4-6-11-20(18)21/h1,3-6,8-14,21,24H,7,15H2,(H,29,31)(H,30,34)(H,32,33). The summed E-state index contributed by atoms with van der Waals surface area (Å²) in [5, 5.41) is 13.7. The lowest BCUT2D eigenvalue weighted by molar-refractivity contribution is -0.139. The fourth-order valence-electron chi connectivity index (χ4n) is 4.06. The molecule has 0 spiro atoms. The highest BCUT2D eigenvalue weighted by Gasteiger charge is 2.29. The van der Waals surface area contributed by atoms with Crippen LogP contribution in [-0.4, -0.2) is 35.7 Å². The third kappa shape index (κ3) is 4.99. The average Bonchev–Trinajstić information content (AvgIpc) is 3.17. The number of aliphatic carboxylic acids is 1. The number of amides is 2. The molecule has 8 heteroatoms. The van der Waals surface area contributed by atoms with Crippen LogP contribution < -0.4 is 10.6 Å². The maximum atomic E-state index is 14.6. The van der Waals surface area contributed by atoms with Gasteiger partial charge in [-0.1, -0.05) is 48.5 Å². The monoisotopic (exact) mass is 472 g/mol. The Morgan fingerprint density at radius 1 is 1.03 bits per heavy atom. The van der Waals surface area contributed by atoms with Crippen molar-refractivity contribution in [1.82, 2.24) is 5.32 Å². The molecule has 3 N–H and O–H groups in total. The lowest BCUT2D eigenvalue weighted by Gasteiger charge is -2.15. The Morgan fingerprint density at radius 3 is 2.23 bits per heavy atom. The first kappa shape index (κ1) is 23.5. The van der Waals surface area contributed by atoms with Gasteiger partial charge in [-0.15, -0.1) is 12.3 Å². The minimum atomic E-state index is -1.30. The van der Waals surface area contributed by atoms with Gasteiger partial charge in [-0.25, -0.2) is 14.0 Å². The summed E-state index contributed by atoms with van der Waals surface area (Å²) in [6, 6.07) is 17.8. The Bertz CT molecular complexity index is 1300. The highest BCUT2D eigenvalue weighted by Crippen LogP contribution is 2.44. The van der Waals surface area contributed by atoms with Gasteiger partial charge in [0, 0.05) is 17.9 Å². The van der Waals surface area contributed by atoms with Crippen LogP contribution >= 0.6 is 0 Å². The molecule has 1 atom stereocenters. The van der Waals surface area contributed by atoms with Crippen molar-refractivity contribution in [3.63, 3.8) is 0 Å². The molecule has 4 rings (SSSR count). The molecule has 0 aliphatic heterocycles. The molecule has 0 aromatic heterocycles. The van der Waals surface area contributed by atoms with E-state index in [-0.39, 0.29) is 30.2 Å². The van der Waals surface area contributed by atoms with Crippen molar-refractivity contribution in [1.29, 1.82) is 0 Å². The number of ether oxygens (including phenoxy) is 1. The Labute approximate surface area is 200 Å². The number of rotatable bonds is 7. The Balaban J connectivity index is 1.40. The molecule has 0 bridgehead atoms. The minimum absolute atomic E-state index is 0.0632. The highest BCUT2D eigenvalue weighted by atomic mass is 19.1. The fraction of sp³-hybridized carbons (Fsp3) is 0.148. The maximum Gasteiger partial charge on any atom is 0.411 e. The number of carboxylic acid groups (broad SMARTS) is 1. The van der Waals surface area contributed by atoms with E-state index in [0.717, 1.165) is 28.3 Å². The number of halogens is 1. The van der Waals surface area contributed by atoms with Gasteiger partial charge >= 0.3 is 12.1 Å². The first-order valence-electron chi connectivity index (χ1n) is 10.8. The normalized spacial score (nSPS) is 12.6. The van der Waals surface area contributed by atoms with Gasteiger partial charge in [0.05, 0.1) is 5.69 Å². The molecule has 0 heterocycles. The SMILES string of the molecule is C#CCC(NC(=O)c1ccc(NC(=O)OCC2c3ccccc3-c3ccccc32)c(F)c1)C(=O)O. The van der Waals surface area contributed by atoms with Gasteiger partial charge in [0.2, 0.25) is 0 Å². The van der Waals surface area contributed by atoms with Crippen LogP contribution in [0.4, 0.5) is 14.9 Å². The molecule has 0 saturated carbocycles. The zero-order valence-electron chi connectivity index (χ0n) is 18.5. The van der Waals surface area contributed by atoms with Gasteiger partial charge in [0.25, 0.3) is 5.91 Å². The van der Waals surface area contributed by atoms with Crippen LogP contribution in [0.3, 0.4) is 0 Å². The van der Waals surface area contributed by atoms with Crippen LogP contribution in [-0.2, 0) is 9.53 Å². The van der Waals surface area contributed by atoms with Crippen LogP contribution in [0.25, 0.3) is 11.1 Å². The van der Waals surface area contributed by atoms with E-state index in [9.17, 15) is 18.8 Å². The van der Waals surface area contributed by atoms with E-state index in [2.05, 4.69) is 16.6 Å². The van der Waals surface area contributed by atoms with Crippen molar-refractivity contribution in [2.75, 3.05) is 11.9 Å². The lowest BCUT2D eigenvalue weighted by atomic mass is 9.98. The van der Waals surface area contributed by atoms with Gasteiger partial charge in [-0.05, 0) is 40.5 Å². The van der Waals surface area contributed by atoms with Crippen molar-refractivity contribution < 1.29 is 28.6 Å². The van der Waals surface area contributed by atoms with Gasteiger partial charge in [-0.3, -0.25) is 10.1 Å². The van der Waals surface area contributed by atoms with Crippen LogP contribution in [0.5, 0.6) is 0 Å². The van der Waals surface area contributed by atoms with Crippen molar-refractivity contribution in [2.45, 2.75) is 18.4 Å². The van der Waals surface area contributed by atoms with E-state index in [4.69, 9.17) is 16.3 Å². The van der Waals surface area contributed by atoms with E-state index in [0.29, 0.717) is 0 Å². The molecule has 1 aliphatic carbocycles. The number of terminal acetylenes is 1. The summed E-state index contributed by atoms with van der Waals surface area (Å²) in [7, 11) is 0. The number of fused-ring (bicyclic) bond motifs is 3. The molecule has 1 aliphatic rings. The van der Waals surface area contributed by atoms with Crippen LogP contribution in [0, 0.1) is 18.2 Å². The molecular formula is C27H21FN2O5. The molecule has 0 saturated heterocycles. The van der Waals surface area contributed by atoms with Crippen LogP contribution in [0.15, 0.2) is 66.7 Å². The summed E-state index contributed by atoms with van der Waals surface area (Å²) >= 11 is 0. The topological polar surface area (TPSA) is 105 Å². The Kier molecular flexibility index (Phi) is 6.78. The molecule has 2 amide bonds. The number of hydrogen-bond acceptors (Lipinski definition) is 4. The molecule has 0 fully saturated rings. The number of carbonyl (C=O) groups is 3. The van der Waals surface area contributed by atoms with E-state index >= 15 is 0 Å². The molecule has 176 valence electrons. The van der Waals surface area contributed by atoms with E-state index in [1.165, 1.54) is 12.1 Å². The third-order valence-electron chi connectivity index (χ3n) is 5.74. The maximum absolute atomic E-state index is 14.6. The van der Waals surface area contributed by atoms with Crippen molar-refractivity contribution >= 4 is 23.7 Å². The van der Waals surface area contributed by atoms with Crippen LogP contribution in [0.2, 0.25) is 0 Å². The second-order valence-electron chi connectivity index (χ2n) is 7.92. The Morgan fingerprint density at radius 2 is 1.66 bits per heavy atom. The smallest absolute Gasteiger partial charge is 0.411 e. The van der Waals surface area contributed by atoms with Crippen LogP contribution in [0.1, 0.15) is 33.8 Å². The van der Waals surface area contributed by atoms with Crippen molar-refractivity contribution in [3.8, 4) is 23.5 Å².